The van der Waals surface area contributed by atoms with Crippen molar-refractivity contribution in [2.45, 2.75) is 51.7 Å². The molecule has 0 spiro atoms. The van der Waals surface area contributed by atoms with Gasteiger partial charge in [0, 0.05) is 0 Å². The van der Waals surface area contributed by atoms with Gasteiger partial charge in [-0.1, -0.05) is 68.8 Å². The number of hydrogen-bond donors (Lipinski definition) is 2. The Balaban J connectivity index is 0.000000307. The maximum absolute atomic E-state index is 11.6. The van der Waals surface area contributed by atoms with Gasteiger partial charge >= 0.3 is 5.97 Å². The van der Waals surface area contributed by atoms with Gasteiger partial charge in [-0.05, 0) is 36.5 Å². The van der Waals surface area contributed by atoms with Gasteiger partial charge in [0.2, 0.25) is 0 Å². The fraction of sp³-hybridized carbons (Fsp3) is 0.381. The van der Waals surface area contributed by atoms with E-state index in [-0.39, 0.29) is 22.9 Å². The molecule has 3 N–H and O–H groups in total. The number of rotatable bonds is 5. The van der Waals surface area contributed by atoms with Crippen molar-refractivity contribution in [1.29, 1.82) is 0 Å². The molecule has 0 aromatic heterocycles. The van der Waals surface area contributed by atoms with Crippen LogP contribution in [-0.2, 0) is 26.3 Å². The van der Waals surface area contributed by atoms with E-state index in [4.69, 9.17) is 15.0 Å². The van der Waals surface area contributed by atoms with Crippen molar-refractivity contribution in [3.63, 3.8) is 0 Å². The summed E-state index contributed by atoms with van der Waals surface area (Å²) in [6, 6.07) is 15.0. The summed E-state index contributed by atoms with van der Waals surface area (Å²) >= 11 is 0. The molecule has 0 aliphatic carbocycles. The van der Waals surface area contributed by atoms with Crippen LogP contribution in [0.4, 0.5) is 0 Å². The van der Waals surface area contributed by atoms with Crippen LogP contribution in [0.25, 0.3) is 0 Å². The van der Waals surface area contributed by atoms with E-state index in [0.29, 0.717) is 6.42 Å². The lowest BCUT2D eigenvalue weighted by atomic mass is 9.88. The molecular weight excluding hydrogens is 378 g/mol. The minimum absolute atomic E-state index is 0.0329. The molecule has 0 fully saturated rings. The standard InChI is InChI=1S/C14H21NO2.C7H8O3S/c1-14(2,3)9-12(15)13(16)17-10-11-7-5-4-6-8-11;1-6-2-4-7(5-3-6)11(8,9)10/h4-8,12H,9-10,15H2,1-3H3;2-5H,1H3,(H,8,9,10)/t12-;/m0./s1. The van der Waals surface area contributed by atoms with Gasteiger partial charge in [0.1, 0.15) is 12.6 Å². The predicted octanol–water partition coefficient (Wildman–Crippen LogP) is 3.74. The van der Waals surface area contributed by atoms with Crippen molar-refractivity contribution < 1.29 is 22.5 Å². The molecule has 0 aliphatic heterocycles. The summed E-state index contributed by atoms with van der Waals surface area (Å²) in [5.41, 5.74) is 7.76. The van der Waals surface area contributed by atoms with E-state index in [0.717, 1.165) is 11.1 Å². The highest BCUT2D eigenvalue weighted by molar-refractivity contribution is 7.85. The summed E-state index contributed by atoms with van der Waals surface area (Å²) in [4.78, 5) is 11.6. The highest BCUT2D eigenvalue weighted by Crippen LogP contribution is 2.20. The maximum atomic E-state index is 11.6. The van der Waals surface area contributed by atoms with Gasteiger partial charge in [0.15, 0.2) is 0 Å². The Kier molecular flexibility index (Phi) is 8.81. The van der Waals surface area contributed by atoms with Crippen molar-refractivity contribution in [1.82, 2.24) is 0 Å². The Morgan fingerprint density at radius 3 is 2.07 bits per heavy atom. The molecule has 0 saturated heterocycles. The highest BCUT2D eigenvalue weighted by atomic mass is 32.2. The van der Waals surface area contributed by atoms with Crippen molar-refractivity contribution >= 4 is 16.1 Å². The third-order valence-corrected chi connectivity index (χ3v) is 4.55. The molecule has 0 aliphatic rings. The highest BCUT2D eigenvalue weighted by Gasteiger charge is 2.22. The Bertz CT molecular complexity index is 841. The Morgan fingerprint density at radius 1 is 1.07 bits per heavy atom. The summed E-state index contributed by atoms with van der Waals surface area (Å²) in [5, 5.41) is 0. The molecule has 0 heterocycles. The van der Waals surface area contributed by atoms with E-state index in [1.54, 1.807) is 12.1 Å². The molecule has 6 nitrogen and oxygen atoms in total. The fourth-order valence-corrected chi connectivity index (χ4v) is 2.77. The van der Waals surface area contributed by atoms with E-state index in [2.05, 4.69) is 20.8 Å². The molecule has 154 valence electrons. The van der Waals surface area contributed by atoms with Crippen LogP contribution in [0.3, 0.4) is 0 Å². The van der Waals surface area contributed by atoms with Crippen LogP contribution in [0.5, 0.6) is 0 Å². The van der Waals surface area contributed by atoms with Crippen molar-refractivity contribution in [2.75, 3.05) is 0 Å². The zero-order valence-electron chi connectivity index (χ0n) is 16.8. The van der Waals surface area contributed by atoms with Crippen LogP contribution in [0, 0.1) is 12.3 Å². The van der Waals surface area contributed by atoms with Gasteiger partial charge in [0.05, 0.1) is 4.90 Å². The lowest BCUT2D eigenvalue weighted by Gasteiger charge is -2.21. The molecular formula is C21H29NO5S. The zero-order chi connectivity index (χ0) is 21.4. The van der Waals surface area contributed by atoms with Crippen LogP contribution in [0.2, 0.25) is 0 Å². The summed E-state index contributed by atoms with van der Waals surface area (Å²) in [6.45, 7) is 8.29. The first kappa shape index (κ1) is 23.8. The van der Waals surface area contributed by atoms with Gasteiger partial charge in [0.25, 0.3) is 10.1 Å². The van der Waals surface area contributed by atoms with Gasteiger partial charge < -0.3 is 10.5 Å². The average molecular weight is 408 g/mol. The molecule has 2 aromatic rings. The van der Waals surface area contributed by atoms with Crippen LogP contribution in [0.15, 0.2) is 59.5 Å². The van der Waals surface area contributed by atoms with Crippen molar-refractivity contribution in [3.05, 3.63) is 65.7 Å². The number of esters is 1. The molecule has 28 heavy (non-hydrogen) atoms. The van der Waals surface area contributed by atoms with Crippen LogP contribution in [0.1, 0.15) is 38.3 Å². The first-order chi connectivity index (χ1) is 12.9. The molecule has 0 saturated carbocycles. The minimum Gasteiger partial charge on any atom is -0.460 e. The van der Waals surface area contributed by atoms with Gasteiger partial charge in [-0.2, -0.15) is 8.42 Å². The van der Waals surface area contributed by atoms with Gasteiger partial charge in [-0.15, -0.1) is 0 Å². The summed E-state index contributed by atoms with van der Waals surface area (Å²) < 4.78 is 34.7. The molecule has 7 heteroatoms. The number of nitrogens with two attached hydrogens (primary N) is 1. The average Bonchev–Trinajstić information content (AvgIpc) is 2.59. The third-order valence-electron chi connectivity index (χ3n) is 3.68. The van der Waals surface area contributed by atoms with Gasteiger partial charge in [-0.25, -0.2) is 0 Å². The van der Waals surface area contributed by atoms with Crippen LogP contribution in [-0.4, -0.2) is 25.0 Å². The quantitative estimate of drug-likeness (QED) is 0.578. The Hall–Kier alpha value is -2.22. The van der Waals surface area contributed by atoms with E-state index >= 15 is 0 Å². The number of carbonyl (C=O) groups excluding carboxylic acids is 1. The van der Waals surface area contributed by atoms with Crippen molar-refractivity contribution in [2.24, 2.45) is 11.1 Å². The summed E-state index contributed by atoms with van der Waals surface area (Å²) in [7, 11) is -4.02. The molecule has 0 radical (unpaired) electrons. The summed E-state index contributed by atoms with van der Waals surface area (Å²) in [6.07, 6.45) is 0.626. The Labute approximate surface area is 167 Å². The number of aryl methyl sites for hydroxylation is 1. The smallest absolute Gasteiger partial charge is 0.323 e. The van der Waals surface area contributed by atoms with E-state index in [1.165, 1.54) is 12.1 Å². The number of hydrogen-bond acceptors (Lipinski definition) is 5. The largest absolute Gasteiger partial charge is 0.460 e. The second-order valence-electron chi connectivity index (χ2n) is 7.75. The third kappa shape index (κ3) is 9.64. The van der Waals surface area contributed by atoms with Gasteiger partial charge in [-0.3, -0.25) is 9.35 Å². The van der Waals surface area contributed by atoms with E-state index < -0.39 is 16.2 Å². The number of ether oxygens (including phenoxy) is 1. The molecule has 2 rings (SSSR count). The first-order valence-corrected chi connectivity index (χ1v) is 10.3. The second kappa shape index (κ2) is 10.4. The molecule has 0 unspecified atom stereocenters. The first-order valence-electron chi connectivity index (χ1n) is 8.89. The molecule has 2 aromatic carbocycles. The normalized spacial score (nSPS) is 12.5. The molecule has 1 atom stereocenters. The molecule has 0 amide bonds. The fourth-order valence-electron chi connectivity index (χ4n) is 2.29. The minimum atomic E-state index is -4.02. The van der Waals surface area contributed by atoms with Crippen LogP contribution >= 0.6 is 0 Å². The maximum Gasteiger partial charge on any atom is 0.323 e. The second-order valence-corrected chi connectivity index (χ2v) is 9.17. The summed E-state index contributed by atoms with van der Waals surface area (Å²) in [5.74, 6) is -0.330. The monoisotopic (exact) mass is 407 g/mol. The van der Waals surface area contributed by atoms with E-state index in [1.807, 2.05) is 37.3 Å². The molecule has 0 bridgehead atoms. The van der Waals surface area contributed by atoms with Crippen LogP contribution < -0.4 is 5.73 Å². The zero-order valence-corrected chi connectivity index (χ0v) is 17.6. The number of carbonyl (C=O) groups is 1. The lowest BCUT2D eigenvalue weighted by Crippen LogP contribution is -2.35. The number of benzene rings is 2. The topological polar surface area (TPSA) is 107 Å². The SMILES string of the molecule is CC(C)(C)C[C@H](N)C(=O)OCc1ccccc1.Cc1ccc(S(=O)(=O)O)cc1. The van der Waals surface area contributed by atoms with E-state index in [9.17, 15) is 13.2 Å². The predicted molar refractivity (Wildman–Crippen MR) is 109 cm³/mol. The van der Waals surface area contributed by atoms with Crippen molar-refractivity contribution in [3.8, 4) is 0 Å². The Morgan fingerprint density at radius 2 is 1.61 bits per heavy atom. The lowest BCUT2D eigenvalue weighted by molar-refractivity contribution is -0.147.